The Balaban J connectivity index is 1.92. The van der Waals surface area contributed by atoms with Gasteiger partial charge in [0.25, 0.3) is 0 Å². The van der Waals surface area contributed by atoms with E-state index in [1.165, 1.54) is 5.56 Å². The number of nitrogens with one attached hydrogen (secondary N) is 1. The number of nitrogens with zero attached hydrogens (tertiary/aromatic N) is 1. The summed E-state index contributed by atoms with van der Waals surface area (Å²) >= 11 is 0. The van der Waals surface area contributed by atoms with Gasteiger partial charge in [0.15, 0.2) is 0 Å². The molecular weight excluding hydrogens is 256 g/mol. The molecule has 20 heavy (non-hydrogen) atoms. The van der Waals surface area contributed by atoms with Crippen LogP contribution in [-0.2, 0) is 10.2 Å². The Morgan fingerprint density at radius 2 is 2.40 bits per heavy atom. The minimum atomic E-state index is -0.414. The first kappa shape index (κ1) is 13.2. The Hall–Kier alpha value is -1.75. The van der Waals surface area contributed by atoms with E-state index in [0.29, 0.717) is 12.3 Å². The van der Waals surface area contributed by atoms with E-state index >= 15 is 0 Å². The zero-order chi connectivity index (χ0) is 14.3. The average molecular weight is 276 g/mol. The van der Waals surface area contributed by atoms with Crippen molar-refractivity contribution < 1.29 is 14.3 Å². The van der Waals surface area contributed by atoms with E-state index in [2.05, 4.69) is 17.1 Å². The van der Waals surface area contributed by atoms with E-state index in [1.54, 1.807) is 0 Å². The minimum Gasteiger partial charge on any atom is -0.410 e. The molecule has 0 spiro atoms. The molecule has 1 saturated heterocycles. The second kappa shape index (κ2) is 4.66. The molecular formula is C15H20N2O3. The van der Waals surface area contributed by atoms with E-state index < -0.39 is 6.09 Å². The molecule has 2 atom stereocenters. The number of carbonyl (C=O) groups is 1. The van der Waals surface area contributed by atoms with Gasteiger partial charge in [-0.15, -0.1) is 0 Å². The van der Waals surface area contributed by atoms with E-state index in [1.807, 2.05) is 32.2 Å². The molecule has 2 aliphatic heterocycles. The molecule has 3 rings (SSSR count). The van der Waals surface area contributed by atoms with Gasteiger partial charge in [0.05, 0.1) is 6.61 Å². The fourth-order valence-corrected chi connectivity index (χ4v) is 3.25. The topological polar surface area (TPSA) is 50.8 Å². The van der Waals surface area contributed by atoms with Crippen LogP contribution in [0, 0.1) is 0 Å². The van der Waals surface area contributed by atoms with E-state index in [0.717, 1.165) is 18.7 Å². The zero-order valence-corrected chi connectivity index (χ0v) is 12.1. The van der Waals surface area contributed by atoms with Gasteiger partial charge in [-0.2, -0.15) is 0 Å². The molecule has 108 valence electrons. The maximum atomic E-state index is 11.5. The van der Waals surface area contributed by atoms with Gasteiger partial charge in [-0.05, 0) is 37.1 Å². The molecule has 5 heteroatoms. The average Bonchev–Trinajstić information content (AvgIpc) is 2.88. The van der Waals surface area contributed by atoms with Crippen molar-refractivity contribution in [3.05, 3.63) is 23.8 Å². The molecule has 1 aromatic rings. The van der Waals surface area contributed by atoms with E-state index in [-0.39, 0.29) is 11.6 Å². The van der Waals surface area contributed by atoms with Crippen molar-refractivity contribution in [3.63, 3.8) is 0 Å². The Bertz CT molecular complexity index is 546. The molecule has 5 nitrogen and oxygen atoms in total. The van der Waals surface area contributed by atoms with Crippen LogP contribution in [0.25, 0.3) is 0 Å². The van der Waals surface area contributed by atoms with Crippen molar-refractivity contribution in [2.75, 3.05) is 25.1 Å². The first-order chi connectivity index (χ1) is 9.56. The summed E-state index contributed by atoms with van der Waals surface area (Å²) in [5.41, 5.74) is 2.33. The number of benzene rings is 1. The van der Waals surface area contributed by atoms with Crippen LogP contribution < -0.4 is 15.0 Å². The van der Waals surface area contributed by atoms with Crippen LogP contribution in [0.4, 0.5) is 10.5 Å². The Labute approximate surface area is 118 Å². The maximum Gasteiger partial charge on any atom is 0.412 e. The van der Waals surface area contributed by atoms with Crippen molar-refractivity contribution in [3.8, 4) is 5.75 Å². The summed E-state index contributed by atoms with van der Waals surface area (Å²) in [6.07, 6.45) is 0.653. The highest BCUT2D eigenvalue weighted by Gasteiger charge is 2.50. The third-order valence-corrected chi connectivity index (χ3v) is 4.29. The van der Waals surface area contributed by atoms with Gasteiger partial charge < -0.3 is 19.7 Å². The first-order valence-corrected chi connectivity index (χ1v) is 7.01. The molecule has 1 N–H and O–H groups in total. The van der Waals surface area contributed by atoms with Crippen molar-refractivity contribution >= 4 is 11.8 Å². The summed E-state index contributed by atoms with van der Waals surface area (Å²) in [6.45, 7) is 5.40. The van der Waals surface area contributed by atoms with Crippen molar-refractivity contribution in [2.45, 2.75) is 31.9 Å². The summed E-state index contributed by atoms with van der Waals surface area (Å²) in [6, 6.07) is 5.79. The lowest BCUT2D eigenvalue weighted by molar-refractivity contribution is 0.0920. The standard InChI is InChI=1S/C15H20N2O3/c1-4-16-14(18)20-10-5-6-12-11(9-10)15(2)7-8-19-13(15)17(12)3/h5-6,9,13H,4,7-8H2,1-3H3,(H,16,18)/t13?,15-/m0/s1. The first-order valence-electron chi connectivity index (χ1n) is 7.01. The predicted molar refractivity (Wildman–Crippen MR) is 76.3 cm³/mol. The van der Waals surface area contributed by atoms with Crippen LogP contribution in [0.1, 0.15) is 25.8 Å². The van der Waals surface area contributed by atoms with Gasteiger partial charge in [0.1, 0.15) is 12.0 Å². The SMILES string of the molecule is CCNC(=O)Oc1ccc2c(c1)[C@]1(C)CCOC1N2C. The highest BCUT2D eigenvalue weighted by molar-refractivity contribution is 5.72. The Morgan fingerprint density at radius 1 is 1.60 bits per heavy atom. The highest BCUT2D eigenvalue weighted by Crippen LogP contribution is 2.51. The molecule has 0 bridgehead atoms. The van der Waals surface area contributed by atoms with Crippen LogP contribution in [0.3, 0.4) is 0 Å². The van der Waals surface area contributed by atoms with Crippen LogP contribution in [0.5, 0.6) is 5.75 Å². The number of fused-ring (bicyclic) bond motifs is 3. The van der Waals surface area contributed by atoms with Crippen molar-refractivity contribution in [2.24, 2.45) is 0 Å². The van der Waals surface area contributed by atoms with Gasteiger partial charge in [0, 0.05) is 24.7 Å². The van der Waals surface area contributed by atoms with Gasteiger partial charge in [-0.3, -0.25) is 0 Å². The lowest BCUT2D eigenvalue weighted by Crippen LogP contribution is -2.37. The van der Waals surface area contributed by atoms with E-state index in [9.17, 15) is 4.79 Å². The number of hydrogen-bond acceptors (Lipinski definition) is 4. The third-order valence-electron chi connectivity index (χ3n) is 4.29. The summed E-state index contributed by atoms with van der Waals surface area (Å²) in [5.74, 6) is 0.580. The molecule has 0 radical (unpaired) electrons. The predicted octanol–water partition coefficient (Wildman–Crippen LogP) is 2.25. The van der Waals surface area contributed by atoms with Gasteiger partial charge >= 0.3 is 6.09 Å². The number of ether oxygens (including phenoxy) is 2. The minimum absolute atomic E-state index is 0.0231. The number of hydrogen-bond donors (Lipinski definition) is 1. The van der Waals surface area contributed by atoms with Gasteiger partial charge in [-0.1, -0.05) is 6.92 Å². The largest absolute Gasteiger partial charge is 0.412 e. The highest BCUT2D eigenvalue weighted by atomic mass is 16.6. The lowest BCUT2D eigenvalue weighted by Gasteiger charge is -2.26. The van der Waals surface area contributed by atoms with Gasteiger partial charge in [-0.25, -0.2) is 4.79 Å². The molecule has 1 amide bonds. The monoisotopic (exact) mass is 276 g/mol. The molecule has 1 aromatic carbocycles. The maximum absolute atomic E-state index is 11.5. The second-order valence-electron chi connectivity index (χ2n) is 5.60. The zero-order valence-electron chi connectivity index (χ0n) is 12.1. The number of carbonyl (C=O) groups excluding carboxylic acids is 1. The second-order valence-corrected chi connectivity index (χ2v) is 5.60. The number of likely N-dealkylation sites (N-methyl/N-ethyl adjacent to an activating group) is 1. The number of anilines is 1. The van der Waals surface area contributed by atoms with E-state index in [4.69, 9.17) is 9.47 Å². The fraction of sp³-hybridized carbons (Fsp3) is 0.533. The van der Waals surface area contributed by atoms with Crippen LogP contribution >= 0.6 is 0 Å². The Kier molecular flexibility index (Phi) is 3.09. The van der Waals surface area contributed by atoms with Crippen LogP contribution in [0.2, 0.25) is 0 Å². The van der Waals surface area contributed by atoms with Gasteiger partial charge in [0.2, 0.25) is 0 Å². The van der Waals surface area contributed by atoms with Crippen molar-refractivity contribution in [1.29, 1.82) is 0 Å². The molecule has 0 saturated carbocycles. The molecule has 0 aliphatic carbocycles. The summed E-state index contributed by atoms with van der Waals surface area (Å²) < 4.78 is 11.1. The normalized spacial score (nSPS) is 27.1. The van der Waals surface area contributed by atoms with Crippen LogP contribution in [-0.4, -0.2) is 32.5 Å². The third kappa shape index (κ3) is 1.85. The lowest BCUT2D eigenvalue weighted by atomic mass is 9.82. The summed E-state index contributed by atoms with van der Waals surface area (Å²) in [7, 11) is 2.05. The summed E-state index contributed by atoms with van der Waals surface area (Å²) in [5, 5.41) is 2.63. The molecule has 2 heterocycles. The molecule has 1 unspecified atom stereocenters. The van der Waals surface area contributed by atoms with Crippen molar-refractivity contribution in [1.82, 2.24) is 5.32 Å². The quantitative estimate of drug-likeness (QED) is 0.900. The molecule has 0 aromatic heterocycles. The summed E-state index contributed by atoms with van der Waals surface area (Å²) in [4.78, 5) is 13.7. The smallest absolute Gasteiger partial charge is 0.410 e. The number of rotatable bonds is 2. The fourth-order valence-electron chi connectivity index (χ4n) is 3.25. The van der Waals surface area contributed by atoms with Crippen LogP contribution in [0.15, 0.2) is 18.2 Å². The molecule has 1 fully saturated rings. The number of amides is 1. The Morgan fingerprint density at radius 3 is 3.15 bits per heavy atom. The molecule has 2 aliphatic rings.